The molecule has 1 aromatic carbocycles. The van der Waals surface area contributed by atoms with Crippen molar-refractivity contribution < 1.29 is 5.11 Å². The van der Waals surface area contributed by atoms with Crippen LogP contribution in [0.1, 0.15) is 16.8 Å². The molecule has 0 amide bonds. The van der Waals surface area contributed by atoms with E-state index in [1.807, 2.05) is 37.3 Å². The second-order valence-corrected chi connectivity index (χ2v) is 3.85. The molecule has 3 nitrogen and oxygen atoms in total. The second-order valence-electron chi connectivity index (χ2n) is 3.85. The van der Waals surface area contributed by atoms with Crippen LogP contribution in [0.2, 0.25) is 0 Å². The van der Waals surface area contributed by atoms with E-state index in [9.17, 15) is 5.11 Å². The first-order valence-electron chi connectivity index (χ1n) is 5.45. The second kappa shape index (κ2) is 5.25. The molecule has 0 unspecified atom stereocenters. The fourth-order valence-electron chi connectivity index (χ4n) is 1.51. The first-order chi connectivity index (χ1) is 8.25. The van der Waals surface area contributed by atoms with Gasteiger partial charge in [-0.2, -0.15) is 0 Å². The Morgan fingerprint density at radius 1 is 1.29 bits per heavy atom. The minimum absolute atomic E-state index is 0.250. The van der Waals surface area contributed by atoms with E-state index >= 15 is 0 Å². The summed E-state index contributed by atoms with van der Waals surface area (Å²) in [6.45, 7) is 2.50. The highest BCUT2D eigenvalue weighted by Crippen LogP contribution is 2.15. The molecule has 0 aliphatic rings. The number of aryl methyl sites for hydroxylation is 1. The van der Waals surface area contributed by atoms with Crippen LogP contribution in [-0.4, -0.2) is 16.3 Å². The molecule has 0 aliphatic heterocycles. The Bertz CT molecular complexity index is 521. The first-order valence-corrected chi connectivity index (χ1v) is 5.45. The number of aromatic nitrogens is 1. The highest BCUT2D eigenvalue weighted by Gasteiger charge is 1.97. The van der Waals surface area contributed by atoms with E-state index in [0.717, 1.165) is 16.8 Å². The van der Waals surface area contributed by atoms with Crippen LogP contribution >= 0.6 is 0 Å². The van der Waals surface area contributed by atoms with Crippen molar-refractivity contribution in [3.05, 3.63) is 59.4 Å². The molecule has 0 radical (unpaired) electrons. The monoisotopic (exact) mass is 226 g/mol. The molecule has 1 N–H and O–H groups in total. The summed E-state index contributed by atoms with van der Waals surface area (Å²) < 4.78 is 0. The number of hydrogen-bond acceptors (Lipinski definition) is 3. The van der Waals surface area contributed by atoms with Crippen LogP contribution in [-0.2, 0) is 6.54 Å². The van der Waals surface area contributed by atoms with E-state index in [1.165, 1.54) is 0 Å². The van der Waals surface area contributed by atoms with Gasteiger partial charge in [0.15, 0.2) is 0 Å². The largest absolute Gasteiger partial charge is 0.507 e. The lowest BCUT2D eigenvalue weighted by Gasteiger charge is -2.00. The molecular formula is C14H14N2O. The summed E-state index contributed by atoms with van der Waals surface area (Å²) in [6.07, 6.45) is 3.42. The SMILES string of the molecule is Cc1ccc(O)c(C=NCc2ccccn2)c1. The lowest BCUT2D eigenvalue weighted by molar-refractivity contribution is 0.474. The molecule has 2 rings (SSSR count). The van der Waals surface area contributed by atoms with Crippen molar-refractivity contribution >= 4 is 6.21 Å². The maximum absolute atomic E-state index is 9.63. The number of phenols is 1. The van der Waals surface area contributed by atoms with Crippen molar-refractivity contribution in [2.24, 2.45) is 4.99 Å². The lowest BCUT2D eigenvalue weighted by atomic mass is 10.1. The molecule has 0 spiro atoms. The van der Waals surface area contributed by atoms with Gasteiger partial charge in [0.05, 0.1) is 12.2 Å². The molecule has 0 fully saturated rings. The van der Waals surface area contributed by atoms with E-state index in [0.29, 0.717) is 6.54 Å². The van der Waals surface area contributed by atoms with Gasteiger partial charge in [0, 0.05) is 18.0 Å². The van der Waals surface area contributed by atoms with Gasteiger partial charge in [-0.15, -0.1) is 0 Å². The van der Waals surface area contributed by atoms with Gasteiger partial charge in [0.25, 0.3) is 0 Å². The van der Waals surface area contributed by atoms with Crippen LogP contribution < -0.4 is 0 Å². The normalized spacial score (nSPS) is 10.9. The summed E-state index contributed by atoms with van der Waals surface area (Å²) in [5, 5.41) is 9.63. The summed E-state index contributed by atoms with van der Waals surface area (Å²) in [5.74, 6) is 0.250. The van der Waals surface area contributed by atoms with Crippen molar-refractivity contribution in [2.45, 2.75) is 13.5 Å². The molecule has 0 saturated heterocycles. The van der Waals surface area contributed by atoms with Crippen molar-refractivity contribution in [3.8, 4) is 5.75 Å². The van der Waals surface area contributed by atoms with Crippen molar-refractivity contribution in [2.75, 3.05) is 0 Å². The third-order valence-electron chi connectivity index (χ3n) is 2.39. The molecule has 0 bridgehead atoms. The van der Waals surface area contributed by atoms with Crippen LogP contribution in [0.4, 0.5) is 0 Å². The highest BCUT2D eigenvalue weighted by molar-refractivity contribution is 5.83. The highest BCUT2D eigenvalue weighted by atomic mass is 16.3. The number of pyridine rings is 1. The average molecular weight is 226 g/mol. The quantitative estimate of drug-likeness (QED) is 0.818. The zero-order chi connectivity index (χ0) is 12.1. The van der Waals surface area contributed by atoms with E-state index < -0.39 is 0 Å². The Kier molecular flexibility index (Phi) is 3.50. The van der Waals surface area contributed by atoms with Crippen LogP contribution in [0.25, 0.3) is 0 Å². The summed E-state index contributed by atoms with van der Waals surface area (Å²) >= 11 is 0. The molecule has 86 valence electrons. The van der Waals surface area contributed by atoms with Crippen LogP contribution in [0.15, 0.2) is 47.6 Å². The fourth-order valence-corrected chi connectivity index (χ4v) is 1.51. The number of benzene rings is 1. The molecule has 0 saturated carbocycles. The number of aromatic hydroxyl groups is 1. The van der Waals surface area contributed by atoms with Crippen molar-refractivity contribution in [1.82, 2.24) is 4.98 Å². The first kappa shape index (κ1) is 11.3. The number of hydrogen-bond donors (Lipinski definition) is 1. The Labute approximate surface area is 100 Å². The van der Waals surface area contributed by atoms with Gasteiger partial charge in [-0.05, 0) is 31.2 Å². The van der Waals surface area contributed by atoms with E-state index in [-0.39, 0.29) is 5.75 Å². The lowest BCUT2D eigenvalue weighted by Crippen LogP contribution is -1.88. The van der Waals surface area contributed by atoms with Gasteiger partial charge in [0.1, 0.15) is 5.75 Å². The van der Waals surface area contributed by atoms with Gasteiger partial charge in [-0.3, -0.25) is 9.98 Å². The Morgan fingerprint density at radius 3 is 2.94 bits per heavy atom. The zero-order valence-corrected chi connectivity index (χ0v) is 9.67. The molecule has 0 aliphatic carbocycles. The Balaban J connectivity index is 2.08. The van der Waals surface area contributed by atoms with Crippen LogP contribution in [0, 0.1) is 6.92 Å². The number of aliphatic imine (C=N–C) groups is 1. The predicted molar refractivity (Wildman–Crippen MR) is 68.4 cm³/mol. The molecular weight excluding hydrogens is 212 g/mol. The maximum Gasteiger partial charge on any atom is 0.124 e. The van der Waals surface area contributed by atoms with Crippen molar-refractivity contribution in [1.29, 1.82) is 0 Å². The third kappa shape index (κ3) is 3.14. The minimum Gasteiger partial charge on any atom is -0.507 e. The number of rotatable bonds is 3. The summed E-state index contributed by atoms with van der Waals surface area (Å²) in [5.41, 5.74) is 2.75. The Morgan fingerprint density at radius 2 is 2.18 bits per heavy atom. The molecule has 17 heavy (non-hydrogen) atoms. The zero-order valence-electron chi connectivity index (χ0n) is 9.67. The number of nitrogens with zero attached hydrogens (tertiary/aromatic N) is 2. The van der Waals surface area contributed by atoms with Gasteiger partial charge in [-0.1, -0.05) is 17.7 Å². The molecule has 3 heteroatoms. The summed E-state index contributed by atoms with van der Waals surface area (Å²) in [7, 11) is 0. The fraction of sp³-hybridized carbons (Fsp3) is 0.143. The van der Waals surface area contributed by atoms with Crippen LogP contribution in [0.3, 0.4) is 0 Å². The summed E-state index contributed by atoms with van der Waals surface area (Å²) in [4.78, 5) is 8.44. The van der Waals surface area contributed by atoms with Gasteiger partial charge in [0.2, 0.25) is 0 Å². The Hall–Kier alpha value is -2.16. The number of phenolic OH excluding ortho intramolecular Hbond substituents is 1. The van der Waals surface area contributed by atoms with E-state index in [2.05, 4.69) is 9.98 Å². The smallest absolute Gasteiger partial charge is 0.124 e. The molecule has 1 aromatic heterocycles. The van der Waals surface area contributed by atoms with Gasteiger partial charge in [-0.25, -0.2) is 0 Å². The van der Waals surface area contributed by atoms with E-state index in [4.69, 9.17) is 0 Å². The van der Waals surface area contributed by atoms with Crippen molar-refractivity contribution in [3.63, 3.8) is 0 Å². The van der Waals surface area contributed by atoms with Gasteiger partial charge >= 0.3 is 0 Å². The summed E-state index contributed by atoms with van der Waals surface area (Å²) in [6, 6.07) is 11.2. The molecule has 2 aromatic rings. The molecule has 0 atom stereocenters. The third-order valence-corrected chi connectivity index (χ3v) is 2.39. The predicted octanol–water partition coefficient (Wildman–Crippen LogP) is 2.71. The maximum atomic E-state index is 9.63. The topological polar surface area (TPSA) is 45.5 Å². The standard InChI is InChI=1S/C14H14N2O/c1-11-5-6-14(17)12(8-11)9-15-10-13-4-2-3-7-16-13/h2-9,17H,10H2,1H3. The van der Waals surface area contributed by atoms with E-state index in [1.54, 1.807) is 18.5 Å². The minimum atomic E-state index is 0.250. The average Bonchev–Trinajstić information content (AvgIpc) is 2.35. The van der Waals surface area contributed by atoms with Gasteiger partial charge < -0.3 is 5.11 Å². The van der Waals surface area contributed by atoms with Crippen LogP contribution in [0.5, 0.6) is 5.75 Å². The molecule has 1 heterocycles.